The predicted octanol–water partition coefficient (Wildman–Crippen LogP) is 3.19. The monoisotopic (exact) mass is 273 g/mol. The highest BCUT2D eigenvalue weighted by atomic mass is 35.5. The number of hydrogen-bond acceptors (Lipinski definition) is 3. The van der Waals surface area contributed by atoms with Crippen LogP contribution in [-0.4, -0.2) is 11.0 Å². The van der Waals surface area contributed by atoms with Crippen molar-refractivity contribution in [2.24, 2.45) is 0 Å². The third-order valence-corrected chi connectivity index (χ3v) is 3.12. The maximum absolute atomic E-state index is 12.3. The molecular weight excluding hydrogens is 262 g/mol. The van der Waals surface area contributed by atoms with Gasteiger partial charge in [0.05, 0.1) is 5.56 Å². The summed E-state index contributed by atoms with van der Waals surface area (Å²) in [4.78, 5) is 23.4. The van der Waals surface area contributed by atoms with E-state index < -0.39 is 5.24 Å². The lowest BCUT2D eigenvalue weighted by atomic mass is 9.98. The van der Waals surface area contributed by atoms with Gasteiger partial charge in [0.15, 0.2) is 5.78 Å². The molecule has 2 rings (SSSR count). The highest BCUT2D eigenvalue weighted by Gasteiger charge is 2.14. The van der Waals surface area contributed by atoms with Crippen LogP contribution in [0.4, 0.5) is 5.69 Å². The van der Waals surface area contributed by atoms with Crippen LogP contribution < -0.4 is 5.73 Å². The Hall–Kier alpha value is -2.13. The summed E-state index contributed by atoms with van der Waals surface area (Å²) in [6, 6.07) is 11.8. The van der Waals surface area contributed by atoms with Crippen molar-refractivity contribution in [2.75, 3.05) is 5.73 Å². The molecule has 0 aliphatic heterocycles. The minimum absolute atomic E-state index is 0.127. The van der Waals surface area contributed by atoms with E-state index in [1.165, 1.54) is 12.1 Å². The number of ketones is 1. The molecule has 0 radical (unpaired) electrons. The topological polar surface area (TPSA) is 60.2 Å². The van der Waals surface area contributed by atoms with E-state index in [1.807, 2.05) is 19.1 Å². The molecule has 19 heavy (non-hydrogen) atoms. The number of rotatable bonds is 3. The second-order valence-electron chi connectivity index (χ2n) is 4.22. The molecule has 0 aromatic heterocycles. The Kier molecular flexibility index (Phi) is 3.67. The lowest BCUT2D eigenvalue weighted by molar-refractivity contribution is 0.103. The molecule has 2 aromatic carbocycles. The lowest BCUT2D eigenvalue weighted by Crippen LogP contribution is -2.06. The number of nitrogens with two attached hydrogens (primary N) is 1. The first-order valence-corrected chi connectivity index (χ1v) is 6.08. The molecule has 2 aromatic rings. The Labute approximate surface area is 116 Å². The Morgan fingerprint density at radius 1 is 1.05 bits per heavy atom. The average molecular weight is 274 g/mol. The molecule has 0 amide bonds. The summed E-state index contributed by atoms with van der Waals surface area (Å²) < 4.78 is 0. The van der Waals surface area contributed by atoms with Gasteiger partial charge in [0.25, 0.3) is 5.24 Å². The van der Waals surface area contributed by atoms with E-state index in [2.05, 4.69) is 0 Å². The van der Waals surface area contributed by atoms with Gasteiger partial charge >= 0.3 is 0 Å². The van der Waals surface area contributed by atoms with Crippen LogP contribution in [0, 0.1) is 6.92 Å². The molecule has 0 aliphatic rings. The number of aryl methyl sites for hydroxylation is 1. The second kappa shape index (κ2) is 5.24. The SMILES string of the molecule is Cc1ccccc1C(=O)c1ccc(C(=O)Cl)c(N)c1. The van der Waals surface area contributed by atoms with Crippen LogP contribution >= 0.6 is 11.6 Å². The Morgan fingerprint density at radius 3 is 2.32 bits per heavy atom. The van der Waals surface area contributed by atoms with Crippen LogP contribution in [0.25, 0.3) is 0 Å². The smallest absolute Gasteiger partial charge is 0.254 e. The molecule has 3 nitrogen and oxygen atoms in total. The predicted molar refractivity (Wildman–Crippen MR) is 75.6 cm³/mol. The zero-order valence-corrected chi connectivity index (χ0v) is 11.1. The fourth-order valence-corrected chi connectivity index (χ4v) is 2.04. The first-order chi connectivity index (χ1) is 9.00. The molecule has 0 fully saturated rings. The van der Waals surface area contributed by atoms with Gasteiger partial charge in [-0.2, -0.15) is 0 Å². The molecule has 0 bridgehead atoms. The standard InChI is InChI=1S/C15H12ClNO2/c1-9-4-2-3-5-11(9)14(18)10-6-7-12(15(16)19)13(17)8-10/h2-8H,17H2,1H3. The molecule has 0 aliphatic carbocycles. The van der Waals surface area contributed by atoms with Crippen molar-refractivity contribution in [3.63, 3.8) is 0 Å². The molecule has 0 unspecified atom stereocenters. The maximum atomic E-state index is 12.3. The Balaban J connectivity index is 2.43. The van der Waals surface area contributed by atoms with Gasteiger partial charge in [-0.05, 0) is 36.2 Å². The van der Waals surface area contributed by atoms with Gasteiger partial charge in [-0.3, -0.25) is 9.59 Å². The molecule has 0 atom stereocenters. The van der Waals surface area contributed by atoms with Crippen LogP contribution in [0.1, 0.15) is 31.8 Å². The molecule has 0 saturated heterocycles. The van der Waals surface area contributed by atoms with E-state index in [0.29, 0.717) is 11.1 Å². The van der Waals surface area contributed by atoms with E-state index >= 15 is 0 Å². The fourth-order valence-electron chi connectivity index (χ4n) is 1.87. The van der Waals surface area contributed by atoms with Crippen molar-refractivity contribution in [1.82, 2.24) is 0 Å². The number of anilines is 1. The Bertz CT molecular complexity index is 665. The molecule has 0 heterocycles. The molecule has 96 valence electrons. The van der Waals surface area contributed by atoms with Gasteiger partial charge in [-0.15, -0.1) is 0 Å². The third-order valence-electron chi connectivity index (χ3n) is 2.92. The molecule has 4 heteroatoms. The fraction of sp³-hybridized carbons (Fsp3) is 0.0667. The van der Waals surface area contributed by atoms with E-state index in [0.717, 1.165) is 5.56 Å². The number of hydrogen-bond donors (Lipinski definition) is 1. The summed E-state index contributed by atoms with van der Waals surface area (Å²) in [5, 5.41) is -0.632. The summed E-state index contributed by atoms with van der Waals surface area (Å²) >= 11 is 5.38. The minimum atomic E-state index is -0.632. The van der Waals surface area contributed by atoms with Gasteiger partial charge in [0.1, 0.15) is 0 Å². The number of halogens is 1. The molecular formula is C15H12ClNO2. The summed E-state index contributed by atoms with van der Waals surface area (Å²) in [7, 11) is 0. The van der Waals surface area contributed by atoms with Crippen molar-refractivity contribution >= 4 is 28.3 Å². The van der Waals surface area contributed by atoms with Crippen molar-refractivity contribution in [3.8, 4) is 0 Å². The number of nitrogen functional groups attached to an aromatic ring is 1. The van der Waals surface area contributed by atoms with E-state index in [1.54, 1.807) is 18.2 Å². The van der Waals surface area contributed by atoms with Gasteiger partial charge in [0.2, 0.25) is 0 Å². The normalized spacial score (nSPS) is 10.2. The van der Waals surface area contributed by atoms with Crippen LogP contribution in [0.15, 0.2) is 42.5 Å². The van der Waals surface area contributed by atoms with Crippen molar-refractivity contribution in [3.05, 3.63) is 64.7 Å². The third kappa shape index (κ3) is 2.66. The van der Waals surface area contributed by atoms with Crippen molar-refractivity contribution in [1.29, 1.82) is 0 Å². The molecule has 0 saturated carbocycles. The summed E-state index contributed by atoms with van der Waals surface area (Å²) in [6.07, 6.45) is 0. The van der Waals surface area contributed by atoms with Crippen LogP contribution in [-0.2, 0) is 0 Å². The first-order valence-electron chi connectivity index (χ1n) is 5.70. The van der Waals surface area contributed by atoms with Crippen LogP contribution in [0.5, 0.6) is 0 Å². The van der Waals surface area contributed by atoms with Gasteiger partial charge in [-0.1, -0.05) is 30.3 Å². The van der Waals surface area contributed by atoms with Crippen LogP contribution in [0.3, 0.4) is 0 Å². The van der Waals surface area contributed by atoms with Gasteiger partial charge in [0, 0.05) is 16.8 Å². The summed E-state index contributed by atoms with van der Waals surface area (Å²) in [5.74, 6) is -0.127. The number of carbonyl (C=O) groups is 2. The quantitative estimate of drug-likeness (QED) is 0.531. The summed E-state index contributed by atoms with van der Waals surface area (Å²) in [5.41, 5.74) is 8.09. The first kappa shape index (κ1) is 13.3. The van der Waals surface area contributed by atoms with Crippen molar-refractivity contribution < 1.29 is 9.59 Å². The van der Waals surface area contributed by atoms with Gasteiger partial charge < -0.3 is 5.73 Å². The van der Waals surface area contributed by atoms with E-state index in [9.17, 15) is 9.59 Å². The lowest BCUT2D eigenvalue weighted by Gasteiger charge is -2.07. The zero-order valence-electron chi connectivity index (χ0n) is 10.3. The second-order valence-corrected chi connectivity index (χ2v) is 4.56. The Morgan fingerprint density at radius 2 is 1.74 bits per heavy atom. The molecule has 0 spiro atoms. The maximum Gasteiger partial charge on any atom is 0.254 e. The highest BCUT2D eigenvalue weighted by molar-refractivity contribution is 6.68. The minimum Gasteiger partial charge on any atom is -0.398 e. The van der Waals surface area contributed by atoms with Gasteiger partial charge in [-0.25, -0.2) is 0 Å². The van der Waals surface area contributed by atoms with Crippen LogP contribution in [0.2, 0.25) is 0 Å². The average Bonchev–Trinajstić information content (AvgIpc) is 2.38. The van der Waals surface area contributed by atoms with Crippen molar-refractivity contribution in [2.45, 2.75) is 6.92 Å². The molecule has 2 N–H and O–H groups in total. The number of benzene rings is 2. The summed E-state index contributed by atoms with van der Waals surface area (Å²) in [6.45, 7) is 1.87. The highest BCUT2D eigenvalue weighted by Crippen LogP contribution is 2.20. The zero-order chi connectivity index (χ0) is 14.0. The largest absolute Gasteiger partial charge is 0.398 e. The van der Waals surface area contributed by atoms with E-state index in [4.69, 9.17) is 17.3 Å². The van der Waals surface area contributed by atoms with E-state index in [-0.39, 0.29) is 17.0 Å². The number of carbonyl (C=O) groups excluding carboxylic acids is 2.